The number of carbonyl (C=O) groups is 1. The number of benzene rings is 2. The van der Waals surface area contributed by atoms with Gasteiger partial charge in [-0.2, -0.15) is 5.26 Å². The molecule has 1 N–H and O–H groups in total. The highest BCUT2D eigenvalue weighted by molar-refractivity contribution is 7.07. The Kier molecular flexibility index (Phi) is 7.86. The van der Waals surface area contributed by atoms with Crippen LogP contribution >= 0.6 is 11.3 Å². The van der Waals surface area contributed by atoms with E-state index in [9.17, 15) is 14.9 Å². The summed E-state index contributed by atoms with van der Waals surface area (Å²) in [5, 5.41) is 12.5. The maximum atomic E-state index is 13.0. The molecule has 0 radical (unpaired) electrons. The number of nitrogens with zero attached hydrogens (tertiary/aromatic N) is 2. The molecule has 1 aromatic heterocycles. The monoisotopic (exact) mass is 461 g/mol. The molecule has 0 bridgehead atoms. The highest BCUT2D eigenvalue weighted by Crippen LogP contribution is 2.24. The summed E-state index contributed by atoms with van der Waals surface area (Å²) < 4.78 is 7.82. The van der Waals surface area contributed by atoms with Crippen molar-refractivity contribution in [2.24, 2.45) is 0 Å². The minimum atomic E-state index is -0.582. The van der Waals surface area contributed by atoms with Gasteiger partial charge < -0.3 is 10.1 Å². The molecule has 6 nitrogen and oxygen atoms in total. The van der Waals surface area contributed by atoms with Crippen LogP contribution in [0, 0.1) is 11.3 Å². The molecule has 0 saturated carbocycles. The van der Waals surface area contributed by atoms with Crippen LogP contribution in [0.3, 0.4) is 0 Å². The van der Waals surface area contributed by atoms with E-state index in [0.29, 0.717) is 39.7 Å². The Morgan fingerprint density at radius 1 is 1.18 bits per heavy atom. The number of carbonyl (C=O) groups excluding carboxylic acids is 1. The van der Waals surface area contributed by atoms with Crippen molar-refractivity contribution in [1.82, 2.24) is 4.57 Å². The zero-order valence-electron chi connectivity index (χ0n) is 19.2. The van der Waals surface area contributed by atoms with Gasteiger partial charge >= 0.3 is 0 Å². The van der Waals surface area contributed by atoms with Gasteiger partial charge in [-0.3, -0.25) is 14.2 Å². The summed E-state index contributed by atoms with van der Waals surface area (Å²) in [6, 6.07) is 17.0. The van der Waals surface area contributed by atoms with Crippen LogP contribution in [0.15, 0.2) is 53.3 Å². The number of thiazole rings is 1. The van der Waals surface area contributed by atoms with E-state index >= 15 is 0 Å². The molecule has 2 aromatic carbocycles. The molecule has 7 heteroatoms. The first-order chi connectivity index (χ1) is 15.9. The van der Waals surface area contributed by atoms with Gasteiger partial charge in [0.25, 0.3) is 11.5 Å². The first kappa shape index (κ1) is 24.0. The maximum Gasteiger partial charge on any atom is 0.269 e. The number of amides is 1. The molecule has 0 unspecified atom stereocenters. The first-order valence-corrected chi connectivity index (χ1v) is 11.7. The van der Waals surface area contributed by atoms with Gasteiger partial charge in [-0.1, -0.05) is 50.2 Å². The van der Waals surface area contributed by atoms with Gasteiger partial charge in [0.15, 0.2) is 5.57 Å². The van der Waals surface area contributed by atoms with Crippen molar-refractivity contribution < 1.29 is 9.53 Å². The summed E-state index contributed by atoms with van der Waals surface area (Å²) in [6.07, 6.45) is 1.80. The van der Waals surface area contributed by atoms with Crippen molar-refractivity contribution in [3.8, 4) is 11.8 Å². The minimum absolute atomic E-state index is 0.111. The molecule has 0 saturated heterocycles. The molecule has 0 fully saturated rings. The summed E-state index contributed by atoms with van der Waals surface area (Å²) in [7, 11) is 0. The Hall–Kier alpha value is -3.63. The minimum Gasteiger partial charge on any atom is -0.492 e. The Bertz CT molecular complexity index is 1360. The van der Waals surface area contributed by atoms with Crippen LogP contribution in [0.25, 0.3) is 11.6 Å². The molecule has 0 aliphatic heterocycles. The Labute approximate surface area is 197 Å². The third kappa shape index (κ3) is 5.41. The Balaban J connectivity index is 2.08. The molecule has 1 amide bonds. The van der Waals surface area contributed by atoms with E-state index in [1.807, 2.05) is 44.2 Å². The molecule has 3 aromatic rings. The number of nitriles is 1. The molecular weight excluding hydrogens is 434 g/mol. The highest BCUT2D eigenvalue weighted by Gasteiger charge is 2.17. The fourth-order valence-electron chi connectivity index (χ4n) is 3.35. The molecular formula is C26H27N3O3S. The van der Waals surface area contributed by atoms with Crippen LogP contribution in [0.4, 0.5) is 5.69 Å². The van der Waals surface area contributed by atoms with Crippen LogP contribution < -0.4 is 24.8 Å². The summed E-state index contributed by atoms with van der Waals surface area (Å²) in [4.78, 5) is 26.0. The van der Waals surface area contributed by atoms with Crippen LogP contribution in [0.2, 0.25) is 0 Å². The van der Waals surface area contributed by atoms with Crippen molar-refractivity contribution in [2.45, 2.75) is 40.2 Å². The number of hydrogen-bond donors (Lipinski definition) is 1. The number of hydrogen-bond acceptors (Lipinski definition) is 5. The number of nitrogens with one attached hydrogen (secondary N) is 1. The average molecular weight is 462 g/mol. The molecule has 170 valence electrons. The topological polar surface area (TPSA) is 84.1 Å². The molecule has 3 rings (SSSR count). The predicted molar refractivity (Wildman–Crippen MR) is 133 cm³/mol. The molecule has 1 heterocycles. The fraction of sp³-hybridized carbons (Fsp3) is 0.269. The normalized spacial score (nSPS) is 12.4. The third-order valence-corrected chi connectivity index (χ3v) is 6.24. The van der Waals surface area contributed by atoms with E-state index in [4.69, 9.17) is 4.74 Å². The predicted octanol–water partition coefficient (Wildman–Crippen LogP) is 3.59. The van der Waals surface area contributed by atoms with Crippen molar-refractivity contribution in [1.29, 1.82) is 5.26 Å². The molecule has 0 atom stereocenters. The summed E-state index contributed by atoms with van der Waals surface area (Å²) in [6.45, 7) is 8.71. The van der Waals surface area contributed by atoms with Crippen molar-refractivity contribution in [3.05, 3.63) is 79.2 Å². The zero-order valence-corrected chi connectivity index (χ0v) is 20.0. The van der Waals surface area contributed by atoms with Gasteiger partial charge in [-0.05, 0) is 49.1 Å². The van der Waals surface area contributed by atoms with Gasteiger partial charge in [-0.15, -0.1) is 11.3 Å². The van der Waals surface area contributed by atoms with Gasteiger partial charge in [-0.25, -0.2) is 0 Å². The van der Waals surface area contributed by atoms with E-state index < -0.39 is 5.91 Å². The first-order valence-electron chi connectivity index (χ1n) is 10.9. The number of ether oxygens (including phenoxy) is 1. The lowest BCUT2D eigenvalue weighted by Crippen LogP contribution is -2.33. The number of aromatic nitrogens is 1. The van der Waals surface area contributed by atoms with E-state index in [0.717, 1.165) is 16.9 Å². The number of rotatable bonds is 7. The van der Waals surface area contributed by atoms with Crippen molar-refractivity contribution >= 4 is 34.6 Å². The second-order valence-corrected chi connectivity index (χ2v) is 8.69. The smallest absolute Gasteiger partial charge is 0.269 e. The van der Waals surface area contributed by atoms with Crippen molar-refractivity contribution in [2.75, 3.05) is 11.9 Å². The second kappa shape index (κ2) is 10.8. The zero-order chi connectivity index (χ0) is 24.0. The SMILES string of the molecule is CCOc1ccccc1NC(=O)/C(C#N)=c1\s/c(=C\c2ccc(C(C)C)cc2)c(=O)n1CC. The van der Waals surface area contributed by atoms with Gasteiger partial charge in [0, 0.05) is 6.54 Å². The van der Waals surface area contributed by atoms with Crippen molar-refractivity contribution in [3.63, 3.8) is 0 Å². The lowest BCUT2D eigenvalue weighted by atomic mass is 10.0. The number of anilines is 1. The van der Waals surface area contributed by atoms with Gasteiger partial charge in [0.05, 0.1) is 16.8 Å². The van der Waals surface area contributed by atoms with Gasteiger partial charge in [0.1, 0.15) is 16.5 Å². The Morgan fingerprint density at radius 3 is 2.48 bits per heavy atom. The summed E-state index contributed by atoms with van der Waals surface area (Å²) in [5.74, 6) is 0.355. The summed E-state index contributed by atoms with van der Waals surface area (Å²) >= 11 is 1.15. The molecule has 0 aliphatic carbocycles. The lowest BCUT2D eigenvalue weighted by Gasteiger charge is -2.10. The summed E-state index contributed by atoms with van der Waals surface area (Å²) in [5.41, 5.74) is 2.24. The number of para-hydroxylation sites is 2. The Morgan fingerprint density at radius 2 is 1.88 bits per heavy atom. The quantitative estimate of drug-likeness (QED) is 0.583. The van der Waals surface area contributed by atoms with Crippen LogP contribution in [-0.4, -0.2) is 17.1 Å². The van der Waals surface area contributed by atoms with Crippen LogP contribution in [0.1, 0.15) is 44.7 Å². The average Bonchev–Trinajstić information content (AvgIpc) is 3.10. The second-order valence-electron chi connectivity index (χ2n) is 7.66. The van der Waals surface area contributed by atoms with E-state index in [1.165, 1.54) is 10.1 Å². The standard InChI is InChI=1S/C26H27N3O3S/c1-5-29-25(31)23(15-18-11-13-19(14-12-18)17(3)4)33-26(29)20(16-27)24(30)28-21-9-7-8-10-22(21)32-6-2/h7-15,17H,5-6H2,1-4H3,(H,28,30)/b23-15-,26-20-. The maximum absolute atomic E-state index is 13.0. The van der Waals surface area contributed by atoms with E-state index in [-0.39, 0.29) is 11.1 Å². The molecule has 0 aliphatic rings. The van der Waals surface area contributed by atoms with E-state index in [2.05, 4.69) is 19.2 Å². The highest BCUT2D eigenvalue weighted by atomic mass is 32.1. The van der Waals surface area contributed by atoms with Crippen LogP contribution in [-0.2, 0) is 11.3 Å². The lowest BCUT2D eigenvalue weighted by molar-refractivity contribution is -0.111. The van der Waals surface area contributed by atoms with E-state index in [1.54, 1.807) is 30.3 Å². The largest absolute Gasteiger partial charge is 0.492 e. The van der Waals surface area contributed by atoms with Gasteiger partial charge in [0.2, 0.25) is 0 Å². The van der Waals surface area contributed by atoms with Crippen LogP contribution in [0.5, 0.6) is 5.75 Å². The third-order valence-electron chi connectivity index (χ3n) is 5.11. The molecule has 0 spiro atoms. The fourth-order valence-corrected chi connectivity index (χ4v) is 4.52. The molecule has 33 heavy (non-hydrogen) atoms.